The van der Waals surface area contributed by atoms with Gasteiger partial charge in [-0.3, -0.25) is 0 Å². The van der Waals surface area contributed by atoms with Crippen molar-refractivity contribution in [2.45, 2.75) is 19.3 Å². The lowest BCUT2D eigenvalue weighted by molar-refractivity contribution is 0.418. The molecule has 0 radical (unpaired) electrons. The summed E-state index contributed by atoms with van der Waals surface area (Å²) in [4.78, 5) is 0. The zero-order valence-corrected chi connectivity index (χ0v) is 19.7. The Hall–Kier alpha value is -4.30. The summed E-state index contributed by atoms with van der Waals surface area (Å²) in [6.07, 6.45) is 0. The number of furan rings is 1. The van der Waals surface area contributed by atoms with E-state index in [9.17, 15) is 0 Å². The highest BCUT2D eigenvalue weighted by Crippen LogP contribution is 2.48. The normalized spacial score (nSPS) is 13.9. The van der Waals surface area contributed by atoms with Gasteiger partial charge >= 0.3 is 0 Å². The average Bonchev–Trinajstić information content (AvgIpc) is 3.27. The third kappa shape index (κ3) is 3.03. The summed E-state index contributed by atoms with van der Waals surface area (Å²) >= 11 is 0. The Morgan fingerprint density at radius 1 is 0.543 bits per heavy atom. The van der Waals surface area contributed by atoms with E-state index < -0.39 is 0 Å². The summed E-state index contributed by atoms with van der Waals surface area (Å²) in [6.45, 7) is 4.53. The average molecular weight is 453 g/mol. The van der Waals surface area contributed by atoms with Gasteiger partial charge in [-0.1, -0.05) is 98.8 Å². The van der Waals surface area contributed by atoms with Crippen molar-refractivity contribution in [2.75, 3.05) is 0 Å². The molecule has 168 valence electrons. The minimum atomic E-state index is -0.110. The monoisotopic (exact) mass is 452 g/mol. The van der Waals surface area contributed by atoms with Gasteiger partial charge in [0.05, 0.1) is 0 Å². The van der Waals surface area contributed by atoms with Crippen LogP contribution in [0.5, 0.6) is 11.5 Å². The minimum absolute atomic E-state index is 0.110. The maximum Gasteiger partial charge on any atom is 0.143 e. The van der Waals surface area contributed by atoms with E-state index in [1.807, 2.05) is 18.2 Å². The third-order valence-electron chi connectivity index (χ3n) is 7.35. The first-order valence-corrected chi connectivity index (χ1v) is 12.0. The first kappa shape index (κ1) is 20.1. The van der Waals surface area contributed by atoms with Crippen molar-refractivity contribution < 1.29 is 9.15 Å². The molecule has 0 aliphatic carbocycles. The third-order valence-corrected chi connectivity index (χ3v) is 7.35. The quantitative estimate of drug-likeness (QED) is 0.261. The van der Waals surface area contributed by atoms with Crippen LogP contribution in [-0.4, -0.2) is 0 Å². The molecule has 2 heteroatoms. The molecular formula is C33H24O2. The molecule has 0 saturated carbocycles. The Balaban J connectivity index is 1.34. The molecule has 0 unspecified atom stereocenters. The van der Waals surface area contributed by atoms with Gasteiger partial charge in [0.2, 0.25) is 0 Å². The first-order chi connectivity index (χ1) is 17.1. The number of fused-ring (bicyclic) bond motifs is 5. The van der Waals surface area contributed by atoms with E-state index in [0.29, 0.717) is 0 Å². The van der Waals surface area contributed by atoms with Crippen LogP contribution in [0, 0.1) is 0 Å². The topological polar surface area (TPSA) is 22.4 Å². The number of benzene rings is 5. The van der Waals surface area contributed by atoms with Gasteiger partial charge in [0.25, 0.3) is 0 Å². The highest BCUT2D eigenvalue weighted by molar-refractivity contribution is 6.09. The van der Waals surface area contributed by atoms with E-state index >= 15 is 0 Å². The van der Waals surface area contributed by atoms with Crippen molar-refractivity contribution in [2.24, 2.45) is 0 Å². The van der Waals surface area contributed by atoms with Crippen LogP contribution >= 0.6 is 0 Å². The van der Waals surface area contributed by atoms with Crippen LogP contribution in [-0.2, 0) is 5.41 Å². The molecule has 0 saturated heterocycles. The van der Waals surface area contributed by atoms with E-state index in [1.54, 1.807) is 0 Å². The van der Waals surface area contributed by atoms with E-state index in [4.69, 9.17) is 9.15 Å². The number of hydrogen-bond donors (Lipinski definition) is 0. The molecule has 2 nitrogen and oxygen atoms in total. The summed E-state index contributed by atoms with van der Waals surface area (Å²) < 4.78 is 12.7. The van der Waals surface area contributed by atoms with Crippen LogP contribution in [0.15, 0.2) is 114 Å². The summed E-state index contributed by atoms with van der Waals surface area (Å²) in [6, 6.07) is 38.2. The van der Waals surface area contributed by atoms with Crippen LogP contribution in [0.4, 0.5) is 0 Å². The highest BCUT2D eigenvalue weighted by atomic mass is 16.5. The maximum atomic E-state index is 6.37. The van der Waals surface area contributed by atoms with Crippen molar-refractivity contribution in [1.29, 1.82) is 0 Å². The van der Waals surface area contributed by atoms with Crippen molar-refractivity contribution in [3.05, 3.63) is 120 Å². The van der Waals surface area contributed by atoms with Gasteiger partial charge in [0.15, 0.2) is 0 Å². The molecule has 0 N–H and O–H groups in total. The van der Waals surface area contributed by atoms with Crippen LogP contribution in [0.2, 0.25) is 0 Å². The second-order valence-corrected chi connectivity index (χ2v) is 9.80. The lowest BCUT2D eigenvalue weighted by atomic mass is 9.75. The lowest BCUT2D eigenvalue weighted by Gasteiger charge is -2.34. The fourth-order valence-electron chi connectivity index (χ4n) is 5.48. The molecule has 5 aromatic carbocycles. The van der Waals surface area contributed by atoms with E-state index in [-0.39, 0.29) is 5.41 Å². The number of hydrogen-bond acceptors (Lipinski definition) is 2. The van der Waals surface area contributed by atoms with Crippen molar-refractivity contribution in [3.63, 3.8) is 0 Å². The molecule has 0 bridgehead atoms. The van der Waals surface area contributed by atoms with E-state index in [0.717, 1.165) is 55.7 Å². The van der Waals surface area contributed by atoms with E-state index in [2.05, 4.69) is 105 Å². The molecule has 2 heterocycles. The largest absolute Gasteiger partial charge is 0.457 e. The molecule has 0 atom stereocenters. The Morgan fingerprint density at radius 3 is 2.20 bits per heavy atom. The van der Waals surface area contributed by atoms with Crippen molar-refractivity contribution in [1.82, 2.24) is 0 Å². The predicted molar refractivity (Wildman–Crippen MR) is 143 cm³/mol. The van der Waals surface area contributed by atoms with Crippen molar-refractivity contribution in [3.8, 4) is 33.8 Å². The van der Waals surface area contributed by atoms with Gasteiger partial charge in [-0.25, -0.2) is 0 Å². The van der Waals surface area contributed by atoms with Gasteiger partial charge < -0.3 is 9.15 Å². The lowest BCUT2D eigenvalue weighted by Crippen LogP contribution is -2.24. The molecule has 1 aliphatic rings. The smallest absolute Gasteiger partial charge is 0.143 e. The Bertz CT molecular complexity index is 1750. The summed E-state index contributed by atoms with van der Waals surface area (Å²) in [7, 11) is 0. The zero-order chi connectivity index (χ0) is 23.6. The van der Waals surface area contributed by atoms with Gasteiger partial charge in [-0.15, -0.1) is 0 Å². The summed E-state index contributed by atoms with van der Waals surface area (Å²) in [5.41, 5.74) is 8.70. The number of rotatable bonds is 2. The molecule has 7 rings (SSSR count). The molecule has 1 aliphatic heterocycles. The zero-order valence-electron chi connectivity index (χ0n) is 19.7. The van der Waals surface area contributed by atoms with Gasteiger partial charge in [-0.05, 0) is 41.0 Å². The second-order valence-electron chi connectivity index (χ2n) is 9.80. The molecule has 0 fully saturated rings. The van der Waals surface area contributed by atoms with E-state index in [1.165, 1.54) is 11.1 Å². The minimum Gasteiger partial charge on any atom is -0.457 e. The number of para-hydroxylation sites is 3. The standard InChI is InChI=1S/C33H24O2/c1-33(2)27-14-4-6-16-30(27)34-31-20-22(17-18-28(31)33)21-9-7-10-23(19-21)24-12-8-13-26-25-11-3-5-15-29(25)35-32(24)26/h3-20H,1-2H3. The first-order valence-electron chi connectivity index (χ1n) is 12.0. The van der Waals surface area contributed by atoms with Crippen LogP contribution < -0.4 is 4.74 Å². The molecular weight excluding hydrogens is 428 g/mol. The molecule has 35 heavy (non-hydrogen) atoms. The summed E-state index contributed by atoms with van der Waals surface area (Å²) in [5.74, 6) is 1.86. The highest BCUT2D eigenvalue weighted by Gasteiger charge is 2.34. The summed E-state index contributed by atoms with van der Waals surface area (Å²) in [5, 5.41) is 2.29. The Morgan fingerprint density at radius 2 is 1.26 bits per heavy atom. The molecule has 0 amide bonds. The predicted octanol–water partition coefficient (Wildman–Crippen LogP) is 9.35. The number of ether oxygens (including phenoxy) is 1. The maximum absolute atomic E-state index is 6.37. The van der Waals surface area contributed by atoms with Crippen LogP contribution in [0.1, 0.15) is 25.0 Å². The van der Waals surface area contributed by atoms with Crippen LogP contribution in [0.25, 0.3) is 44.2 Å². The molecule has 0 spiro atoms. The fraction of sp³-hybridized carbons (Fsp3) is 0.0909. The van der Waals surface area contributed by atoms with Gasteiger partial charge in [0.1, 0.15) is 22.7 Å². The van der Waals surface area contributed by atoms with Gasteiger partial charge in [0, 0.05) is 32.9 Å². The van der Waals surface area contributed by atoms with Crippen molar-refractivity contribution >= 4 is 21.9 Å². The Labute approximate surface area is 204 Å². The Kier molecular flexibility index (Phi) is 4.22. The second kappa shape index (κ2) is 7.35. The SMILES string of the molecule is CC1(C)c2ccccc2Oc2cc(-c3cccc(-c4cccc5c4oc4ccccc45)c3)ccc21. The fourth-order valence-corrected chi connectivity index (χ4v) is 5.48. The molecule has 1 aromatic heterocycles. The molecule has 6 aromatic rings. The van der Waals surface area contributed by atoms with Gasteiger partial charge in [-0.2, -0.15) is 0 Å². The van der Waals surface area contributed by atoms with Crippen LogP contribution in [0.3, 0.4) is 0 Å².